The molecule has 1 amide bonds. The SMILES string of the molecule is COc1cc(C(=O)c2c(-c3cnn(C)c3)oc3c(NC(=O)C(N)CO)c(C)ccc23)cc(C)c1C. The average molecular weight is 477 g/mol. The largest absolute Gasteiger partial charge is 0.496 e. The Kier molecular flexibility index (Phi) is 6.47. The molecule has 1 atom stereocenters. The van der Waals surface area contributed by atoms with Crippen molar-refractivity contribution in [1.29, 1.82) is 0 Å². The summed E-state index contributed by atoms with van der Waals surface area (Å²) in [6.45, 7) is 5.16. The molecule has 9 heteroatoms. The summed E-state index contributed by atoms with van der Waals surface area (Å²) in [6.07, 6.45) is 3.37. The van der Waals surface area contributed by atoms with Crippen LogP contribution in [0.2, 0.25) is 0 Å². The molecule has 4 rings (SSSR count). The van der Waals surface area contributed by atoms with Gasteiger partial charge in [-0.15, -0.1) is 0 Å². The van der Waals surface area contributed by atoms with Crippen LogP contribution < -0.4 is 15.8 Å². The number of aromatic nitrogens is 2. The van der Waals surface area contributed by atoms with Crippen molar-refractivity contribution in [2.75, 3.05) is 19.0 Å². The molecule has 0 bridgehead atoms. The van der Waals surface area contributed by atoms with Crippen molar-refractivity contribution in [1.82, 2.24) is 9.78 Å². The maximum absolute atomic E-state index is 13.9. The van der Waals surface area contributed by atoms with E-state index in [0.717, 1.165) is 11.1 Å². The van der Waals surface area contributed by atoms with Crippen molar-refractivity contribution in [2.24, 2.45) is 12.8 Å². The zero-order valence-electron chi connectivity index (χ0n) is 20.3. The Morgan fingerprint density at radius 2 is 1.97 bits per heavy atom. The van der Waals surface area contributed by atoms with Crippen molar-refractivity contribution >= 4 is 28.3 Å². The number of aryl methyl sites for hydroxylation is 3. The first-order valence-electron chi connectivity index (χ1n) is 11.1. The zero-order valence-corrected chi connectivity index (χ0v) is 20.3. The van der Waals surface area contributed by atoms with E-state index in [4.69, 9.17) is 14.9 Å². The van der Waals surface area contributed by atoms with Gasteiger partial charge < -0.3 is 25.3 Å². The first-order chi connectivity index (χ1) is 16.7. The van der Waals surface area contributed by atoms with Crippen LogP contribution in [-0.2, 0) is 11.8 Å². The van der Waals surface area contributed by atoms with Gasteiger partial charge in [0, 0.05) is 24.2 Å². The lowest BCUT2D eigenvalue weighted by Gasteiger charge is -2.12. The number of aliphatic hydroxyl groups excluding tert-OH is 1. The van der Waals surface area contributed by atoms with Crippen LogP contribution in [0.15, 0.2) is 41.1 Å². The zero-order chi connectivity index (χ0) is 25.4. The Hall–Kier alpha value is -3.95. The van der Waals surface area contributed by atoms with Gasteiger partial charge in [0.15, 0.2) is 11.4 Å². The highest BCUT2D eigenvalue weighted by Crippen LogP contribution is 2.40. The highest BCUT2D eigenvalue weighted by atomic mass is 16.5. The van der Waals surface area contributed by atoms with Crippen molar-refractivity contribution in [3.05, 3.63) is 64.5 Å². The molecule has 0 aliphatic rings. The van der Waals surface area contributed by atoms with Crippen LogP contribution in [0.5, 0.6) is 5.75 Å². The number of carbonyl (C=O) groups excluding carboxylic acids is 2. The minimum Gasteiger partial charge on any atom is -0.496 e. The standard InChI is InChI=1S/C26H28N4O5/c1-13-6-7-18-21(23(32)16-8-14(2)15(3)20(9-16)34-5)24(17-10-28-30(4)11-17)35-25(18)22(13)29-26(33)19(27)12-31/h6-11,19,31H,12,27H2,1-5H3,(H,29,33). The highest BCUT2D eigenvalue weighted by Gasteiger charge is 2.27. The van der Waals surface area contributed by atoms with E-state index in [2.05, 4.69) is 10.4 Å². The van der Waals surface area contributed by atoms with Crippen LogP contribution in [-0.4, -0.2) is 46.3 Å². The summed E-state index contributed by atoms with van der Waals surface area (Å²) in [5.74, 6) is 0.139. The number of amides is 1. The summed E-state index contributed by atoms with van der Waals surface area (Å²) in [5.41, 5.74) is 10.4. The first kappa shape index (κ1) is 24.2. The molecule has 4 aromatic rings. The van der Waals surface area contributed by atoms with Gasteiger partial charge in [-0.2, -0.15) is 5.10 Å². The smallest absolute Gasteiger partial charge is 0.243 e. The van der Waals surface area contributed by atoms with Crippen molar-refractivity contribution < 1.29 is 23.8 Å². The number of ether oxygens (including phenoxy) is 1. The number of hydrogen-bond acceptors (Lipinski definition) is 7. The number of fused-ring (bicyclic) bond motifs is 1. The fraction of sp³-hybridized carbons (Fsp3) is 0.269. The third-order valence-electron chi connectivity index (χ3n) is 6.14. The summed E-state index contributed by atoms with van der Waals surface area (Å²) < 4.78 is 13.4. The van der Waals surface area contributed by atoms with Gasteiger partial charge in [0.25, 0.3) is 0 Å². The molecule has 0 aliphatic heterocycles. The number of aliphatic hydroxyl groups is 1. The number of hydrogen-bond donors (Lipinski definition) is 3. The second-order valence-electron chi connectivity index (χ2n) is 8.57. The Morgan fingerprint density at radius 1 is 1.23 bits per heavy atom. The predicted molar refractivity (Wildman–Crippen MR) is 133 cm³/mol. The van der Waals surface area contributed by atoms with Gasteiger partial charge in [-0.3, -0.25) is 14.3 Å². The maximum Gasteiger partial charge on any atom is 0.243 e. The second-order valence-corrected chi connectivity index (χ2v) is 8.57. The number of methoxy groups -OCH3 is 1. The van der Waals surface area contributed by atoms with E-state index in [-0.39, 0.29) is 5.78 Å². The molecule has 0 fully saturated rings. The summed E-state index contributed by atoms with van der Waals surface area (Å²) >= 11 is 0. The van der Waals surface area contributed by atoms with Gasteiger partial charge >= 0.3 is 0 Å². The van der Waals surface area contributed by atoms with E-state index in [1.807, 2.05) is 26.8 Å². The van der Waals surface area contributed by atoms with Crippen LogP contribution in [0, 0.1) is 20.8 Å². The van der Waals surface area contributed by atoms with Crippen LogP contribution in [0.25, 0.3) is 22.3 Å². The Balaban J connectivity index is 1.97. The molecule has 35 heavy (non-hydrogen) atoms. The van der Waals surface area contributed by atoms with Gasteiger partial charge in [0.2, 0.25) is 5.91 Å². The molecule has 0 saturated heterocycles. The van der Waals surface area contributed by atoms with Crippen molar-refractivity contribution in [2.45, 2.75) is 26.8 Å². The normalized spacial score (nSPS) is 12.1. The van der Waals surface area contributed by atoms with Crippen LogP contribution in [0.3, 0.4) is 0 Å². The molecule has 2 heterocycles. The van der Waals surface area contributed by atoms with Crippen LogP contribution in [0.1, 0.15) is 32.6 Å². The third-order valence-corrected chi connectivity index (χ3v) is 6.14. The fourth-order valence-electron chi connectivity index (χ4n) is 4.00. The number of nitrogens with two attached hydrogens (primary N) is 1. The lowest BCUT2D eigenvalue weighted by molar-refractivity contribution is -0.118. The van der Waals surface area contributed by atoms with Gasteiger partial charge in [-0.25, -0.2) is 0 Å². The molecule has 0 aliphatic carbocycles. The van der Waals surface area contributed by atoms with E-state index in [0.29, 0.717) is 50.4 Å². The van der Waals surface area contributed by atoms with Crippen molar-refractivity contribution in [3.8, 4) is 17.1 Å². The maximum atomic E-state index is 13.9. The monoisotopic (exact) mass is 476 g/mol. The number of carbonyl (C=O) groups is 2. The third kappa shape index (κ3) is 4.31. The Morgan fingerprint density at radius 3 is 2.60 bits per heavy atom. The molecule has 182 valence electrons. The summed E-state index contributed by atoms with van der Waals surface area (Å²) in [5, 5.41) is 16.8. The molecular formula is C26H28N4O5. The summed E-state index contributed by atoms with van der Waals surface area (Å²) in [4.78, 5) is 26.4. The number of nitrogens with one attached hydrogen (secondary N) is 1. The molecule has 0 radical (unpaired) electrons. The molecular weight excluding hydrogens is 448 g/mol. The Labute approximate surface area is 202 Å². The van der Waals surface area contributed by atoms with Gasteiger partial charge in [-0.05, 0) is 55.7 Å². The van der Waals surface area contributed by atoms with E-state index < -0.39 is 18.6 Å². The van der Waals surface area contributed by atoms with E-state index in [1.165, 1.54) is 0 Å². The number of anilines is 1. The topological polar surface area (TPSA) is 133 Å². The van der Waals surface area contributed by atoms with E-state index in [1.54, 1.807) is 49.4 Å². The predicted octanol–water partition coefficient (Wildman–Crippen LogP) is 3.26. The lowest BCUT2D eigenvalue weighted by atomic mass is 9.95. The number of furan rings is 1. The first-order valence-corrected chi connectivity index (χ1v) is 11.1. The van der Waals surface area contributed by atoms with Gasteiger partial charge in [-0.1, -0.05) is 6.07 Å². The molecule has 0 spiro atoms. The van der Waals surface area contributed by atoms with Crippen LogP contribution >= 0.6 is 0 Å². The van der Waals surface area contributed by atoms with E-state index >= 15 is 0 Å². The van der Waals surface area contributed by atoms with Gasteiger partial charge in [0.05, 0.1) is 36.7 Å². The van der Waals surface area contributed by atoms with Crippen molar-refractivity contribution in [3.63, 3.8) is 0 Å². The molecule has 2 aromatic heterocycles. The molecule has 2 aromatic carbocycles. The quantitative estimate of drug-likeness (QED) is 0.349. The second kappa shape index (κ2) is 9.36. The summed E-state index contributed by atoms with van der Waals surface area (Å²) in [6, 6.07) is 6.03. The number of ketones is 1. The van der Waals surface area contributed by atoms with E-state index in [9.17, 15) is 14.7 Å². The lowest BCUT2D eigenvalue weighted by Crippen LogP contribution is -2.38. The number of benzene rings is 2. The summed E-state index contributed by atoms with van der Waals surface area (Å²) in [7, 11) is 3.34. The van der Waals surface area contributed by atoms with Gasteiger partial charge in [0.1, 0.15) is 17.6 Å². The molecule has 4 N–H and O–H groups in total. The Bertz CT molecular complexity index is 1450. The molecule has 1 unspecified atom stereocenters. The minimum atomic E-state index is -1.10. The average Bonchev–Trinajstić information content (AvgIpc) is 3.44. The number of rotatable bonds is 7. The molecule has 0 saturated carbocycles. The highest BCUT2D eigenvalue weighted by molar-refractivity contribution is 6.21. The van der Waals surface area contributed by atoms with Crippen LogP contribution in [0.4, 0.5) is 5.69 Å². The fourth-order valence-corrected chi connectivity index (χ4v) is 4.00. The number of nitrogens with zero attached hydrogens (tertiary/aromatic N) is 2. The molecule has 9 nitrogen and oxygen atoms in total. The minimum absolute atomic E-state index is 0.253.